The molecule has 1 aromatic carbocycles. The molecule has 0 aliphatic rings. The number of ether oxygens (including phenoxy) is 3. The number of hydrogen-bond acceptors (Lipinski definition) is 5. The maximum Gasteiger partial charge on any atom is 0.165 e. The first kappa shape index (κ1) is 13.6. The van der Waals surface area contributed by atoms with Gasteiger partial charge in [0, 0.05) is 6.07 Å². The van der Waals surface area contributed by atoms with Gasteiger partial charge < -0.3 is 24.4 Å². The highest BCUT2D eigenvalue weighted by molar-refractivity contribution is 5.50. The minimum Gasteiger partial charge on any atom is -0.496 e. The van der Waals surface area contributed by atoms with Crippen LogP contribution in [-0.2, 0) is 0 Å². The van der Waals surface area contributed by atoms with Gasteiger partial charge in [-0.05, 0) is 18.6 Å². The van der Waals surface area contributed by atoms with Crippen molar-refractivity contribution in [1.82, 2.24) is 0 Å². The number of aryl methyl sites for hydroxylation is 1. The highest BCUT2D eigenvalue weighted by atomic mass is 16.5. The fourth-order valence-corrected chi connectivity index (χ4v) is 1.37. The Morgan fingerprint density at radius 2 is 1.76 bits per heavy atom. The van der Waals surface area contributed by atoms with E-state index in [0.29, 0.717) is 17.2 Å². The van der Waals surface area contributed by atoms with E-state index in [0.717, 1.165) is 5.56 Å². The van der Waals surface area contributed by atoms with Gasteiger partial charge in [0.1, 0.15) is 18.5 Å². The predicted molar refractivity (Wildman–Crippen MR) is 62.9 cm³/mol. The number of methoxy groups -OCH3 is 2. The Kier molecular flexibility index (Phi) is 5.06. The number of hydrogen-bond donors (Lipinski definition) is 2. The summed E-state index contributed by atoms with van der Waals surface area (Å²) < 4.78 is 15.7. The van der Waals surface area contributed by atoms with Gasteiger partial charge in [-0.25, -0.2) is 0 Å². The minimum atomic E-state index is -0.910. The SMILES string of the molecule is COc1cc(OCC(O)CO)c(OC)cc1C. The van der Waals surface area contributed by atoms with Gasteiger partial charge in [-0.1, -0.05) is 0 Å². The Bertz CT molecular complexity index is 364. The normalized spacial score (nSPS) is 12.1. The van der Waals surface area contributed by atoms with E-state index in [2.05, 4.69) is 0 Å². The molecule has 0 saturated heterocycles. The Hall–Kier alpha value is -1.46. The van der Waals surface area contributed by atoms with E-state index in [1.54, 1.807) is 19.2 Å². The van der Waals surface area contributed by atoms with Gasteiger partial charge in [0.05, 0.1) is 20.8 Å². The lowest BCUT2D eigenvalue weighted by Crippen LogP contribution is -2.21. The van der Waals surface area contributed by atoms with Crippen LogP contribution in [0.5, 0.6) is 17.2 Å². The molecule has 1 unspecified atom stereocenters. The highest BCUT2D eigenvalue weighted by Gasteiger charge is 2.11. The molecule has 0 fully saturated rings. The molecule has 0 aliphatic heterocycles. The van der Waals surface area contributed by atoms with Gasteiger partial charge in [-0.2, -0.15) is 0 Å². The second kappa shape index (κ2) is 6.32. The standard InChI is InChI=1S/C12H18O5/c1-8-4-11(16-3)12(5-10(8)15-2)17-7-9(14)6-13/h4-5,9,13-14H,6-7H2,1-3H3. The lowest BCUT2D eigenvalue weighted by Gasteiger charge is -2.15. The van der Waals surface area contributed by atoms with Gasteiger partial charge in [0.2, 0.25) is 0 Å². The zero-order valence-corrected chi connectivity index (χ0v) is 10.3. The first-order valence-electron chi connectivity index (χ1n) is 5.26. The Morgan fingerprint density at radius 3 is 2.29 bits per heavy atom. The van der Waals surface area contributed by atoms with Crippen molar-refractivity contribution in [2.75, 3.05) is 27.4 Å². The van der Waals surface area contributed by atoms with Crippen molar-refractivity contribution in [1.29, 1.82) is 0 Å². The zero-order valence-electron chi connectivity index (χ0n) is 10.3. The van der Waals surface area contributed by atoms with Crippen LogP contribution in [0, 0.1) is 6.92 Å². The first-order valence-corrected chi connectivity index (χ1v) is 5.26. The monoisotopic (exact) mass is 242 g/mol. The third-order valence-corrected chi connectivity index (χ3v) is 2.32. The molecular weight excluding hydrogens is 224 g/mol. The molecule has 0 spiro atoms. The summed E-state index contributed by atoms with van der Waals surface area (Å²) in [5, 5.41) is 17.9. The van der Waals surface area contributed by atoms with Crippen molar-refractivity contribution < 1.29 is 24.4 Å². The van der Waals surface area contributed by atoms with Gasteiger partial charge >= 0.3 is 0 Å². The van der Waals surface area contributed by atoms with Crippen LogP contribution in [-0.4, -0.2) is 43.8 Å². The number of rotatable bonds is 6. The molecule has 2 N–H and O–H groups in total. The van der Waals surface area contributed by atoms with Crippen LogP contribution in [0.2, 0.25) is 0 Å². The summed E-state index contributed by atoms with van der Waals surface area (Å²) in [5.41, 5.74) is 0.930. The maximum atomic E-state index is 9.22. The topological polar surface area (TPSA) is 68.2 Å². The molecule has 17 heavy (non-hydrogen) atoms. The first-order chi connectivity index (χ1) is 8.12. The summed E-state index contributed by atoms with van der Waals surface area (Å²) in [5.74, 6) is 1.72. The molecule has 1 rings (SSSR count). The molecule has 0 radical (unpaired) electrons. The van der Waals surface area contributed by atoms with Crippen LogP contribution in [0.25, 0.3) is 0 Å². The quantitative estimate of drug-likeness (QED) is 0.770. The van der Waals surface area contributed by atoms with Crippen LogP contribution < -0.4 is 14.2 Å². The smallest absolute Gasteiger partial charge is 0.165 e. The zero-order chi connectivity index (χ0) is 12.8. The molecule has 0 amide bonds. The molecule has 1 aromatic rings. The minimum absolute atomic E-state index is 0.000917. The molecule has 5 heteroatoms. The van der Waals surface area contributed by atoms with Crippen LogP contribution in [0.1, 0.15) is 5.56 Å². The van der Waals surface area contributed by atoms with E-state index >= 15 is 0 Å². The van der Waals surface area contributed by atoms with E-state index in [4.69, 9.17) is 19.3 Å². The molecular formula is C12H18O5. The number of benzene rings is 1. The molecule has 0 saturated carbocycles. The molecule has 96 valence electrons. The van der Waals surface area contributed by atoms with Crippen molar-refractivity contribution in [2.45, 2.75) is 13.0 Å². The lowest BCUT2D eigenvalue weighted by atomic mass is 10.2. The summed E-state index contributed by atoms with van der Waals surface area (Å²) in [4.78, 5) is 0. The number of aliphatic hydroxyl groups excluding tert-OH is 2. The second-order valence-corrected chi connectivity index (χ2v) is 3.62. The average Bonchev–Trinajstić information content (AvgIpc) is 2.36. The van der Waals surface area contributed by atoms with E-state index in [1.165, 1.54) is 7.11 Å². The van der Waals surface area contributed by atoms with E-state index < -0.39 is 6.10 Å². The van der Waals surface area contributed by atoms with Crippen molar-refractivity contribution in [2.24, 2.45) is 0 Å². The Balaban J connectivity index is 2.88. The van der Waals surface area contributed by atoms with Crippen molar-refractivity contribution >= 4 is 0 Å². The van der Waals surface area contributed by atoms with Crippen LogP contribution >= 0.6 is 0 Å². The molecule has 0 aliphatic carbocycles. The molecule has 5 nitrogen and oxygen atoms in total. The fraction of sp³-hybridized carbons (Fsp3) is 0.500. The Labute approximate surface area is 101 Å². The van der Waals surface area contributed by atoms with Crippen molar-refractivity contribution in [3.05, 3.63) is 17.7 Å². The number of aliphatic hydroxyl groups is 2. The summed E-state index contributed by atoms with van der Waals surface area (Å²) in [7, 11) is 3.11. The molecule has 0 aromatic heterocycles. The van der Waals surface area contributed by atoms with Crippen LogP contribution in [0.4, 0.5) is 0 Å². The summed E-state index contributed by atoms with van der Waals surface area (Å²) in [6, 6.07) is 3.48. The second-order valence-electron chi connectivity index (χ2n) is 3.62. The third-order valence-electron chi connectivity index (χ3n) is 2.32. The summed E-state index contributed by atoms with van der Waals surface area (Å²) >= 11 is 0. The molecule has 0 bridgehead atoms. The summed E-state index contributed by atoms with van der Waals surface area (Å²) in [6.45, 7) is 1.55. The lowest BCUT2D eigenvalue weighted by molar-refractivity contribution is 0.0526. The van der Waals surface area contributed by atoms with E-state index in [-0.39, 0.29) is 13.2 Å². The summed E-state index contributed by atoms with van der Waals surface area (Å²) in [6.07, 6.45) is -0.910. The highest BCUT2D eigenvalue weighted by Crippen LogP contribution is 2.34. The van der Waals surface area contributed by atoms with E-state index in [9.17, 15) is 5.11 Å². The van der Waals surface area contributed by atoms with Gasteiger partial charge in [-0.15, -0.1) is 0 Å². The fourth-order valence-electron chi connectivity index (χ4n) is 1.37. The Morgan fingerprint density at radius 1 is 1.12 bits per heavy atom. The van der Waals surface area contributed by atoms with Gasteiger partial charge in [0.25, 0.3) is 0 Å². The van der Waals surface area contributed by atoms with Crippen LogP contribution in [0.3, 0.4) is 0 Å². The van der Waals surface area contributed by atoms with Gasteiger partial charge in [-0.3, -0.25) is 0 Å². The van der Waals surface area contributed by atoms with Gasteiger partial charge in [0.15, 0.2) is 11.5 Å². The molecule has 1 atom stereocenters. The predicted octanol–water partition coefficient (Wildman–Crippen LogP) is 0.744. The van der Waals surface area contributed by atoms with Crippen molar-refractivity contribution in [3.8, 4) is 17.2 Å². The average molecular weight is 242 g/mol. The molecule has 0 heterocycles. The van der Waals surface area contributed by atoms with Crippen LogP contribution in [0.15, 0.2) is 12.1 Å². The third kappa shape index (κ3) is 3.51. The van der Waals surface area contributed by atoms with Crippen molar-refractivity contribution in [3.63, 3.8) is 0 Å². The largest absolute Gasteiger partial charge is 0.496 e. The van der Waals surface area contributed by atoms with E-state index in [1.807, 2.05) is 6.92 Å². The maximum absolute atomic E-state index is 9.22.